The van der Waals surface area contributed by atoms with Crippen LogP contribution in [0.15, 0.2) is 41.3 Å². The molecule has 1 atom stereocenters. The topological polar surface area (TPSA) is 74.4 Å². The molecule has 2 aromatic carbocycles. The molecule has 1 fully saturated rings. The second-order valence-electron chi connectivity index (χ2n) is 8.78. The highest BCUT2D eigenvalue weighted by Crippen LogP contribution is 2.32. The van der Waals surface area contributed by atoms with Crippen molar-refractivity contribution in [3.63, 3.8) is 0 Å². The predicted octanol–water partition coefficient (Wildman–Crippen LogP) is 1.96. The number of anilines is 1. The number of benzene rings is 2. The normalized spacial score (nSPS) is 18.2. The molecule has 0 aliphatic carbocycles. The Labute approximate surface area is 197 Å². The van der Waals surface area contributed by atoms with Crippen LogP contribution in [0.1, 0.15) is 17.2 Å². The SMILES string of the molecule is COc1ccc(S(=O)(=O)NC[C@H](c2ccc3c(c2)CCN3C)N2CCN(C)CC2)cc1OC. The Kier molecular flexibility index (Phi) is 7.13. The molecule has 2 aliphatic rings. The van der Waals surface area contributed by atoms with Crippen LogP contribution < -0.4 is 19.1 Å². The number of ether oxygens (including phenoxy) is 2. The number of piperazine rings is 1. The van der Waals surface area contributed by atoms with Gasteiger partial charge in [-0.15, -0.1) is 0 Å². The van der Waals surface area contributed by atoms with E-state index in [1.54, 1.807) is 12.1 Å². The first-order chi connectivity index (χ1) is 15.8. The summed E-state index contributed by atoms with van der Waals surface area (Å²) >= 11 is 0. The molecule has 4 rings (SSSR count). The van der Waals surface area contributed by atoms with Gasteiger partial charge in [-0.2, -0.15) is 0 Å². The van der Waals surface area contributed by atoms with Crippen LogP contribution in [0.25, 0.3) is 0 Å². The lowest BCUT2D eigenvalue weighted by atomic mass is 10.0. The first-order valence-electron chi connectivity index (χ1n) is 11.3. The molecule has 180 valence electrons. The highest BCUT2D eigenvalue weighted by Gasteiger charge is 2.28. The molecule has 0 spiro atoms. The van der Waals surface area contributed by atoms with E-state index < -0.39 is 10.0 Å². The molecule has 1 saturated heterocycles. The molecule has 2 heterocycles. The summed E-state index contributed by atoms with van der Waals surface area (Å²) in [6.07, 6.45) is 1.02. The molecule has 2 aromatic rings. The van der Waals surface area contributed by atoms with Crippen molar-refractivity contribution in [1.82, 2.24) is 14.5 Å². The van der Waals surface area contributed by atoms with Crippen LogP contribution >= 0.6 is 0 Å². The molecule has 0 unspecified atom stereocenters. The third-order valence-corrected chi connectivity index (χ3v) is 8.15. The van der Waals surface area contributed by atoms with Gasteiger partial charge in [-0.1, -0.05) is 12.1 Å². The van der Waals surface area contributed by atoms with Crippen molar-refractivity contribution in [3.05, 3.63) is 47.5 Å². The number of hydrogen-bond donors (Lipinski definition) is 1. The Morgan fingerprint density at radius 2 is 1.67 bits per heavy atom. The fourth-order valence-electron chi connectivity index (χ4n) is 4.64. The number of rotatable bonds is 8. The highest BCUT2D eigenvalue weighted by molar-refractivity contribution is 7.89. The summed E-state index contributed by atoms with van der Waals surface area (Å²) in [5.41, 5.74) is 3.75. The van der Waals surface area contributed by atoms with E-state index in [9.17, 15) is 8.42 Å². The molecule has 1 N–H and O–H groups in total. The second kappa shape index (κ2) is 9.89. The zero-order chi connectivity index (χ0) is 23.6. The van der Waals surface area contributed by atoms with Crippen molar-refractivity contribution in [3.8, 4) is 11.5 Å². The van der Waals surface area contributed by atoms with E-state index in [1.165, 1.54) is 31.5 Å². The summed E-state index contributed by atoms with van der Waals surface area (Å²) in [4.78, 5) is 7.12. The fraction of sp³-hybridized carbons (Fsp3) is 0.500. The molecule has 8 nitrogen and oxygen atoms in total. The Morgan fingerprint density at radius 1 is 0.939 bits per heavy atom. The second-order valence-corrected chi connectivity index (χ2v) is 10.6. The van der Waals surface area contributed by atoms with Crippen molar-refractivity contribution < 1.29 is 17.9 Å². The monoisotopic (exact) mass is 474 g/mol. The standard InChI is InChI=1S/C24H34N4O4S/c1-26-11-13-28(14-12-26)22(18-5-7-21-19(15-18)9-10-27(21)2)17-25-33(29,30)20-6-8-23(31-3)24(16-20)32-4/h5-8,15-16,22,25H,9-14,17H2,1-4H3/t22-/m1/s1. The van der Waals surface area contributed by atoms with E-state index >= 15 is 0 Å². The molecular formula is C24H34N4O4S. The number of methoxy groups -OCH3 is 2. The molecular weight excluding hydrogens is 440 g/mol. The van der Waals surface area contributed by atoms with Gasteiger partial charge in [0.15, 0.2) is 11.5 Å². The van der Waals surface area contributed by atoms with E-state index in [0.29, 0.717) is 18.0 Å². The summed E-state index contributed by atoms with van der Waals surface area (Å²) in [5, 5.41) is 0. The van der Waals surface area contributed by atoms with Crippen molar-refractivity contribution in [2.24, 2.45) is 0 Å². The van der Waals surface area contributed by atoms with Crippen LogP contribution in [-0.2, 0) is 16.4 Å². The number of nitrogens with one attached hydrogen (secondary N) is 1. The van der Waals surface area contributed by atoms with Gasteiger partial charge in [0.25, 0.3) is 0 Å². The van der Waals surface area contributed by atoms with Gasteiger partial charge in [0.1, 0.15) is 0 Å². The minimum absolute atomic E-state index is 0.0372. The zero-order valence-corrected chi connectivity index (χ0v) is 20.7. The molecule has 0 bridgehead atoms. The minimum atomic E-state index is -3.72. The maximum Gasteiger partial charge on any atom is 0.240 e. The summed E-state index contributed by atoms with van der Waals surface area (Å²) in [6, 6.07) is 11.2. The van der Waals surface area contributed by atoms with Crippen molar-refractivity contribution in [2.45, 2.75) is 17.4 Å². The van der Waals surface area contributed by atoms with Crippen molar-refractivity contribution in [1.29, 1.82) is 0 Å². The summed E-state index contributed by atoms with van der Waals surface area (Å²) in [6.45, 7) is 5.05. The van der Waals surface area contributed by atoms with Gasteiger partial charge in [-0.05, 0) is 42.8 Å². The van der Waals surface area contributed by atoms with Crippen LogP contribution in [0.3, 0.4) is 0 Å². The van der Waals surface area contributed by atoms with E-state index in [1.807, 2.05) is 0 Å². The van der Waals surface area contributed by atoms with Gasteiger partial charge >= 0.3 is 0 Å². The van der Waals surface area contributed by atoms with Gasteiger partial charge in [0.05, 0.1) is 19.1 Å². The van der Waals surface area contributed by atoms with Crippen molar-refractivity contribution >= 4 is 15.7 Å². The van der Waals surface area contributed by atoms with E-state index in [0.717, 1.165) is 44.7 Å². The third kappa shape index (κ3) is 5.11. The molecule has 2 aliphatic heterocycles. The number of likely N-dealkylation sites (N-methyl/N-ethyl adjacent to an activating group) is 2. The Hall–Kier alpha value is -2.33. The lowest BCUT2D eigenvalue weighted by Gasteiger charge is -2.38. The molecule has 9 heteroatoms. The fourth-order valence-corrected chi connectivity index (χ4v) is 5.69. The third-order valence-electron chi connectivity index (χ3n) is 6.73. The summed E-state index contributed by atoms with van der Waals surface area (Å²) in [7, 11) is 3.54. The van der Waals surface area contributed by atoms with Crippen molar-refractivity contribution in [2.75, 3.05) is 72.5 Å². The van der Waals surface area contributed by atoms with Gasteiger partial charge < -0.3 is 19.3 Å². The maximum atomic E-state index is 13.2. The predicted molar refractivity (Wildman–Crippen MR) is 130 cm³/mol. The smallest absolute Gasteiger partial charge is 0.240 e. The average Bonchev–Trinajstić information content (AvgIpc) is 3.19. The zero-order valence-electron chi connectivity index (χ0n) is 19.9. The van der Waals surface area contributed by atoms with E-state index in [4.69, 9.17) is 9.47 Å². The molecule has 0 radical (unpaired) electrons. The molecule has 0 aromatic heterocycles. The van der Waals surface area contributed by atoms with Crippen LogP contribution in [0.4, 0.5) is 5.69 Å². The van der Waals surface area contributed by atoms with Crippen LogP contribution in [0.2, 0.25) is 0 Å². The highest BCUT2D eigenvalue weighted by atomic mass is 32.2. The van der Waals surface area contributed by atoms with Gasteiger partial charge in [0, 0.05) is 64.1 Å². The lowest BCUT2D eigenvalue weighted by molar-refractivity contribution is 0.113. The number of sulfonamides is 1. The average molecular weight is 475 g/mol. The van der Waals surface area contributed by atoms with Crippen LogP contribution in [-0.4, -0.2) is 85.8 Å². The Bertz CT molecular complexity index is 1080. The minimum Gasteiger partial charge on any atom is -0.493 e. The van der Waals surface area contributed by atoms with E-state index in [2.05, 4.69) is 51.7 Å². The Morgan fingerprint density at radius 3 is 2.36 bits per heavy atom. The van der Waals surface area contributed by atoms with Gasteiger partial charge in [-0.25, -0.2) is 13.1 Å². The maximum absolute atomic E-state index is 13.2. The molecule has 33 heavy (non-hydrogen) atoms. The summed E-state index contributed by atoms with van der Waals surface area (Å²) in [5.74, 6) is 0.883. The molecule has 0 amide bonds. The largest absolute Gasteiger partial charge is 0.493 e. The number of hydrogen-bond acceptors (Lipinski definition) is 7. The van der Waals surface area contributed by atoms with Gasteiger partial charge in [-0.3, -0.25) is 4.90 Å². The Balaban J connectivity index is 1.58. The van der Waals surface area contributed by atoms with Crippen LogP contribution in [0.5, 0.6) is 11.5 Å². The number of nitrogens with zero attached hydrogens (tertiary/aromatic N) is 3. The molecule has 0 saturated carbocycles. The first kappa shape index (κ1) is 23.8. The summed E-state index contributed by atoms with van der Waals surface area (Å²) < 4.78 is 39.7. The first-order valence-corrected chi connectivity index (χ1v) is 12.8. The number of fused-ring (bicyclic) bond motifs is 1. The lowest BCUT2D eigenvalue weighted by Crippen LogP contribution is -2.48. The van der Waals surface area contributed by atoms with Crippen LogP contribution in [0, 0.1) is 0 Å². The van der Waals surface area contributed by atoms with Gasteiger partial charge in [0.2, 0.25) is 10.0 Å². The quantitative estimate of drug-likeness (QED) is 0.627. The van der Waals surface area contributed by atoms with E-state index in [-0.39, 0.29) is 10.9 Å².